The Bertz CT molecular complexity index is 623. The number of nitrogens with zero attached hydrogens (tertiary/aromatic N) is 1. The average molecular weight is 406 g/mol. The summed E-state index contributed by atoms with van der Waals surface area (Å²) in [5, 5.41) is 16.3. The van der Waals surface area contributed by atoms with E-state index in [0.717, 1.165) is 5.56 Å². The molecule has 29 heavy (non-hydrogen) atoms. The van der Waals surface area contributed by atoms with Crippen LogP contribution in [0.2, 0.25) is 0 Å². The van der Waals surface area contributed by atoms with Crippen LogP contribution < -0.4 is 10.6 Å². The Hall–Kier alpha value is -1.43. The number of carbonyl (C=O) groups excluding carboxylic acids is 1. The van der Waals surface area contributed by atoms with Crippen LogP contribution in [0.25, 0.3) is 0 Å². The number of rotatable bonds is 10. The molecule has 1 amide bonds. The summed E-state index contributed by atoms with van der Waals surface area (Å²) >= 11 is 0. The van der Waals surface area contributed by atoms with Gasteiger partial charge in [-0.1, -0.05) is 78.8 Å². The molecule has 0 saturated heterocycles. The predicted molar refractivity (Wildman–Crippen MR) is 122 cm³/mol. The van der Waals surface area contributed by atoms with Crippen molar-refractivity contribution < 1.29 is 9.90 Å². The van der Waals surface area contributed by atoms with E-state index in [1.54, 1.807) is 0 Å². The Morgan fingerprint density at radius 1 is 1.10 bits per heavy atom. The smallest absolute Gasteiger partial charge is 0.238 e. The van der Waals surface area contributed by atoms with Crippen molar-refractivity contribution in [2.45, 2.75) is 72.0 Å². The highest BCUT2D eigenvalue weighted by atomic mass is 16.3. The molecule has 5 heteroatoms. The van der Waals surface area contributed by atoms with Crippen molar-refractivity contribution in [3.63, 3.8) is 0 Å². The molecule has 0 aromatic heterocycles. The number of nitrogens with one attached hydrogen (secondary N) is 2. The summed E-state index contributed by atoms with van der Waals surface area (Å²) in [5.41, 5.74) is 0.648. The van der Waals surface area contributed by atoms with E-state index in [1.165, 1.54) is 0 Å². The molecule has 0 aliphatic carbocycles. The maximum Gasteiger partial charge on any atom is 0.238 e. The number of benzene rings is 1. The van der Waals surface area contributed by atoms with Crippen LogP contribution in [0.4, 0.5) is 0 Å². The molecular weight excluding hydrogens is 362 g/mol. The zero-order valence-electron chi connectivity index (χ0n) is 19.9. The van der Waals surface area contributed by atoms with Gasteiger partial charge >= 0.3 is 0 Å². The largest absolute Gasteiger partial charge is 0.395 e. The summed E-state index contributed by atoms with van der Waals surface area (Å²) < 4.78 is 0. The lowest BCUT2D eigenvalue weighted by atomic mass is 9.76. The Morgan fingerprint density at radius 3 is 2.07 bits per heavy atom. The SMILES string of the molecule is CN[C@H](C(=O)NC(CN(C)[C@H](CO)C(C)C)C(C)(C)C)C(C)(C)c1ccccc1. The summed E-state index contributed by atoms with van der Waals surface area (Å²) in [7, 11) is 3.86. The first-order valence-electron chi connectivity index (χ1n) is 10.7. The Morgan fingerprint density at radius 2 is 1.66 bits per heavy atom. The number of aliphatic hydroxyl groups excluding tert-OH is 1. The van der Waals surface area contributed by atoms with E-state index in [4.69, 9.17) is 0 Å². The summed E-state index contributed by atoms with van der Waals surface area (Å²) in [6.45, 7) is 15.6. The summed E-state index contributed by atoms with van der Waals surface area (Å²) in [6, 6.07) is 9.81. The maximum absolute atomic E-state index is 13.4. The summed E-state index contributed by atoms with van der Waals surface area (Å²) in [5.74, 6) is 0.336. The van der Waals surface area contributed by atoms with Crippen LogP contribution in [0, 0.1) is 11.3 Å². The zero-order chi connectivity index (χ0) is 22.4. The molecule has 166 valence electrons. The zero-order valence-corrected chi connectivity index (χ0v) is 19.9. The first kappa shape index (κ1) is 25.6. The van der Waals surface area contributed by atoms with Crippen LogP contribution in [-0.2, 0) is 10.2 Å². The fraction of sp³-hybridized carbons (Fsp3) is 0.708. The minimum atomic E-state index is -0.362. The lowest BCUT2D eigenvalue weighted by Crippen LogP contribution is -2.60. The van der Waals surface area contributed by atoms with Gasteiger partial charge in [-0.25, -0.2) is 0 Å². The molecule has 3 atom stereocenters. The maximum atomic E-state index is 13.4. The van der Waals surface area contributed by atoms with Crippen molar-refractivity contribution in [2.24, 2.45) is 11.3 Å². The van der Waals surface area contributed by atoms with Crippen molar-refractivity contribution in [1.29, 1.82) is 0 Å². The van der Waals surface area contributed by atoms with Gasteiger partial charge in [-0.2, -0.15) is 0 Å². The summed E-state index contributed by atoms with van der Waals surface area (Å²) in [6.07, 6.45) is 0. The van der Waals surface area contributed by atoms with Crippen LogP contribution in [0.5, 0.6) is 0 Å². The third kappa shape index (κ3) is 6.80. The average Bonchev–Trinajstić information content (AvgIpc) is 2.61. The van der Waals surface area contributed by atoms with E-state index in [9.17, 15) is 9.90 Å². The quantitative estimate of drug-likeness (QED) is 0.560. The predicted octanol–water partition coefficient (Wildman–Crippen LogP) is 3.03. The highest BCUT2D eigenvalue weighted by Gasteiger charge is 2.38. The van der Waals surface area contributed by atoms with Crippen LogP contribution in [0.1, 0.15) is 54.0 Å². The summed E-state index contributed by atoms with van der Waals surface area (Å²) in [4.78, 5) is 15.5. The molecule has 5 nitrogen and oxygen atoms in total. The minimum absolute atomic E-state index is 0.000210. The molecule has 0 aliphatic rings. The second-order valence-corrected chi connectivity index (χ2v) is 10.2. The van der Waals surface area contributed by atoms with Crippen molar-refractivity contribution in [1.82, 2.24) is 15.5 Å². The Kier molecular flexibility index (Phi) is 9.32. The molecule has 3 N–H and O–H groups in total. The number of hydrogen-bond acceptors (Lipinski definition) is 4. The van der Waals surface area contributed by atoms with Gasteiger partial charge < -0.3 is 15.7 Å². The van der Waals surface area contributed by atoms with Gasteiger partial charge in [-0.15, -0.1) is 0 Å². The monoisotopic (exact) mass is 405 g/mol. The van der Waals surface area contributed by atoms with Gasteiger partial charge in [0.1, 0.15) is 0 Å². The molecule has 0 bridgehead atoms. The Balaban J connectivity index is 3.04. The van der Waals surface area contributed by atoms with Crippen LogP contribution >= 0.6 is 0 Å². The van der Waals surface area contributed by atoms with Gasteiger partial charge in [0.2, 0.25) is 5.91 Å². The number of aliphatic hydroxyl groups is 1. The Labute approximate surface area is 178 Å². The first-order valence-corrected chi connectivity index (χ1v) is 10.7. The van der Waals surface area contributed by atoms with Crippen LogP contribution in [-0.4, -0.2) is 61.3 Å². The van der Waals surface area contributed by atoms with Crippen molar-refractivity contribution in [2.75, 3.05) is 27.2 Å². The first-order chi connectivity index (χ1) is 13.4. The van der Waals surface area contributed by atoms with E-state index < -0.39 is 0 Å². The molecule has 0 spiro atoms. The van der Waals surface area contributed by atoms with Crippen molar-refractivity contribution in [3.8, 4) is 0 Å². The lowest BCUT2D eigenvalue weighted by molar-refractivity contribution is -0.126. The highest BCUT2D eigenvalue weighted by molar-refractivity contribution is 5.84. The van der Waals surface area contributed by atoms with Gasteiger partial charge in [-0.05, 0) is 31.0 Å². The topological polar surface area (TPSA) is 64.6 Å². The van der Waals surface area contributed by atoms with E-state index >= 15 is 0 Å². The fourth-order valence-corrected chi connectivity index (χ4v) is 3.93. The molecule has 1 aromatic rings. The molecule has 1 aromatic carbocycles. The molecule has 0 fully saturated rings. The van der Waals surface area contributed by atoms with Gasteiger partial charge in [0.15, 0.2) is 0 Å². The van der Waals surface area contributed by atoms with Gasteiger partial charge in [-0.3, -0.25) is 9.69 Å². The molecule has 0 saturated carbocycles. The van der Waals surface area contributed by atoms with E-state index in [2.05, 4.69) is 76.1 Å². The molecular formula is C24H43N3O2. The van der Waals surface area contributed by atoms with E-state index in [1.807, 2.05) is 32.3 Å². The van der Waals surface area contributed by atoms with Crippen LogP contribution in [0.15, 0.2) is 30.3 Å². The minimum Gasteiger partial charge on any atom is -0.395 e. The standard InChI is InChI=1S/C24H43N3O2/c1-17(2)19(16-28)27(9)15-20(23(3,4)5)26-22(29)21(25-8)24(6,7)18-13-11-10-12-14-18/h10-14,17,19-21,25,28H,15-16H2,1-9H3,(H,26,29)/t19-,20?,21-/m1/s1. The lowest BCUT2D eigenvalue weighted by Gasteiger charge is -2.40. The molecule has 0 radical (unpaired) electrons. The molecule has 0 aliphatic heterocycles. The van der Waals surface area contributed by atoms with Gasteiger partial charge in [0.25, 0.3) is 0 Å². The molecule has 1 rings (SSSR count). The van der Waals surface area contributed by atoms with Gasteiger partial charge in [0.05, 0.1) is 12.6 Å². The third-order valence-electron chi connectivity index (χ3n) is 6.15. The van der Waals surface area contributed by atoms with Crippen LogP contribution in [0.3, 0.4) is 0 Å². The fourth-order valence-electron chi connectivity index (χ4n) is 3.93. The van der Waals surface area contributed by atoms with Gasteiger partial charge in [0, 0.05) is 24.0 Å². The van der Waals surface area contributed by atoms with E-state index in [0.29, 0.717) is 12.5 Å². The third-order valence-corrected chi connectivity index (χ3v) is 6.15. The number of likely N-dealkylation sites (N-methyl/N-ethyl adjacent to an activating group) is 2. The van der Waals surface area contributed by atoms with Crippen molar-refractivity contribution >= 4 is 5.91 Å². The second-order valence-electron chi connectivity index (χ2n) is 10.2. The number of hydrogen-bond donors (Lipinski definition) is 3. The number of carbonyl (C=O) groups is 1. The molecule has 1 unspecified atom stereocenters. The highest BCUT2D eigenvalue weighted by Crippen LogP contribution is 2.28. The number of amides is 1. The van der Waals surface area contributed by atoms with E-state index in [-0.39, 0.29) is 41.5 Å². The molecule has 0 heterocycles. The second kappa shape index (κ2) is 10.6. The normalized spacial score (nSPS) is 16.0. The van der Waals surface area contributed by atoms with Crippen molar-refractivity contribution in [3.05, 3.63) is 35.9 Å².